The summed E-state index contributed by atoms with van der Waals surface area (Å²) >= 11 is 0. The Bertz CT molecular complexity index is 1520. The van der Waals surface area contributed by atoms with Crippen LogP contribution in [0.2, 0.25) is 0 Å². The van der Waals surface area contributed by atoms with Gasteiger partial charge in [0.1, 0.15) is 13.2 Å². The number of hydrogen-bond acceptors (Lipinski definition) is 6. The van der Waals surface area contributed by atoms with E-state index in [2.05, 4.69) is 104 Å². The van der Waals surface area contributed by atoms with Crippen LogP contribution >= 0.6 is 7.82 Å². The third kappa shape index (κ3) is 57.1. The number of quaternary nitrogens is 1. The van der Waals surface area contributed by atoms with Gasteiger partial charge in [0.2, 0.25) is 5.91 Å². The van der Waals surface area contributed by atoms with Gasteiger partial charge in [-0.15, -0.1) is 0 Å². The van der Waals surface area contributed by atoms with Gasteiger partial charge in [0.25, 0.3) is 7.82 Å². The highest BCUT2D eigenvalue weighted by molar-refractivity contribution is 7.45. The number of nitrogens with one attached hydrogen (secondary N) is 1. The van der Waals surface area contributed by atoms with Gasteiger partial charge in [0.15, 0.2) is 0 Å². The highest BCUT2D eigenvalue weighted by atomic mass is 31.2. The number of nitrogens with zero attached hydrogens (tertiary/aromatic N) is 1. The second kappa shape index (κ2) is 55.2. The predicted molar refractivity (Wildman–Crippen MR) is 320 cm³/mol. The van der Waals surface area contributed by atoms with Crippen molar-refractivity contribution in [3.8, 4) is 0 Å². The third-order valence-corrected chi connectivity index (χ3v) is 14.2. The fourth-order valence-electron chi connectivity index (χ4n) is 8.51. The number of carbonyl (C=O) groups excluding carboxylic acids is 1. The lowest BCUT2D eigenvalue weighted by atomic mass is 10.0. The Kier molecular flexibility index (Phi) is 53.3. The predicted octanol–water partition coefficient (Wildman–Crippen LogP) is 18.4. The van der Waals surface area contributed by atoms with Crippen LogP contribution in [0.5, 0.6) is 0 Å². The minimum absolute atomic E-state index is 0.0117. The molecule has 8 nitrogen and oxygen atoms in total. The molecule has 0 aliphatic rings. The standard InChI is InChI=1S/C65H117N2O6P/c1-6-8-10-12-14-16-18-20-22-24-26-27-28-29-30-31-32-33-34-35-36-37-38-39-41-43-45-47-49-51-53-55-57-59-65(69)66-63(62-73-74(70,71)72-61-60-67(3,4)5)64(68)58-56-54-52-50-48-46-44-42-40-25-23-21-19-17-15-13-11-9-7-2/h8,10,14,16,20,22,26-27,29-30,40,42,48,50,56,58,63-64,68H,6-7,9,11-13,15,17-19,21,23-25,28,31-39,41,43-47,49,51-55,57,59-62H2,1-5H3,(H-,66,69,70,71)/b10-8-,16-14-,22-20-,27-26-,30-29-,42-40+,50-48+,58-56+. The van der Waals surface area contributed by atoms with E-state index < -0.39 is 26.6 Å². The Labute approximate surface area is 458 Å². The number of rotatable bonds is 55. The Balaban J connectivity index is 4.15. The van der Waals surface area contributed by atoms with Gasteiger partial charge in [0, 0.05) is 6.42 Å². The molecule has 74 heavy (non-hydrogen) atoms. The highest BCUT2D eigenvalue weighted by Gasteiger charge is 2.23. The van der Waals surface area contributed by atoms with E-state index in [1.807, 2.05) is 27.2 Å². The summed E-state index contributed by atoms with van der Waals surface area (Å²) in [6.45, 7) is 4.51. The smallest absolute Gasteiger partial charge is 0.268 e. The summed E-state index contributed by atoms with van der Waals surface area (Å²) in [4.78, 5) is 25.5. The van der Waals surface area contributed by atoms with Gasteiger partial charge in [-0.25, -0.2) is 0 Å². The maximum absolute atomic E-state index is 13.0. The van der Waals surface area contributed by atoms with Crippen LogP contribution in [0.25, 0.3) is 0 Å². The molecule has 0 spiro atoms. The molecule has 2 N–H and O–H groups in total. The zero-order valence-electron chi connectivity index (χ0n) is 48.8. The van der Waals surface area contributed by atoms with Crippen LogP contribution in [0.15, 0.2) is 97.2 Å². The van der Waals surface area contributed by atoms with Gasteiger partial charge in [-0.3, -0.25) is 9.36 Å². The fourth-order valence-corrected chi connectivity index (χ4v) is 9.23. The average molecular weight is 1050 g/mol. The van der Waals surface area contributed by atoms with E-state index in [1.165, 1.54) is 161 Å². The number of phosphoric acid groups is 1. The molecule has 0 aliphatic heterocycles. The summed E-state index contributed by atoms with van der Waals surface area (Å²) in [5.74, 6) is -0.212. The fraction of sp³-hybridized carbons (Fsp3) is 0.738. The molecule has 3 unspecified atom stereocenters. The summed E-state index contributed by atoms with van der Waals surface area (Å²) in [6, 6.07) is -0.914. The van der Waals surface area contributed by atoms with E-state index >= 15 is 0 Å². The molecule has 0 heterocycles. The normalized spacial score (nSPS) is 14.5. The molecular weight excluding hydrogens is 936 g/mol. The van der Waals surface area contributed by atoms with E-state index in [1.54, 1.807) is 6.08 Å². The number of amides is 1. The Morgan fingerprint density at radius 3 is 1.26 bits per heavy atom. The lowest BCUT2D eigenvalue weighted by Crippen LogP contribution is -2.45. The Morgan fingerprint density at radius 2 is 0.838 bits per heavy atom. The van der Waals surface area contributed by atoms with Crippen LogP contribution < -0.4 is 10.2 Å². The maximum Gasteiger partial charge on any atom is 0.268 e. The molecule has 0 radical (unpaired) electrons. The SMILES string of the molecule is CC/C=C\C/C=C\C/C=C\C/C=C\C/C=C\CCCCCCCCCCCCCCCCCCCC(=O)NC(COP(=O)([O-])OCC[N+](C)(C)C)C(O)/C=C/CC/C=C/CC/C=C/CCCCCCCCCCC. The van der Waals surface area contributed by atoms with Gasteiger partial charge in [-0.2, -0.15) is 0 Å². The third-order valence-electron chi connectivity index (χ3n) is 13.3. The average Bonchev–Trinajstić information content (AvgIpc) is 3.36. The van der Waals surface area contributed by atoms with Gasteiger partial charge < -0.3 is 28.8 Å². The molecule has 0 saturated carbocycles. The van der Waals surface area contributed by atoms with Crippen LogP contribution in [0.1, 0.15) is 258 Å². The van der Waals surface area contributed by atoms with Gasteiger partial charge >= 0.3 is 0 Å². The summed E-state index contributed by atoms with van der Waals surface area (Å²) in [6.07, 6.45) is 79.3. The van der Waals surface area contributed by atoms with Crippen LogP contribution in [-0.2, 0) is 18.4 Å². The first kappa shape index (κ1) is 71.4. The Hall–Kier alpha value is -2.58. The number of phosphoric ester groups is 1. The molecule has 0 aliphatic carbocycles. The number of aliphatic hydroxyl groups is 1. The van der Waals surface area contributed by atoms with Gasteiger partial charge in [0.05, 0.1) is 39.9 Å². The molecule has 428 valence electrons. The van der Waals surface area contributed by atoms with Crippen molar-refractivity contribution in [2.75, 3.05) is 40.9 Å². The largest absolute Gasteiger partial charge is 0.756 e. The van der Waals surface area contributed by atoms with Crippen molar-refractivity contribution in [3.63, 3.8) is 0 Å². The molecule has 1 amide bonds. The molecule has 3 atom stereocenters. The second-order valence-electron chi connectivity index (χ2n) is 21.7. The zero-order valence-corrected chi connectivity index (χ0v) is 49.7. The van der Waals surface area contributed by atoms with Crippen molar-refractivity contribution < 1.29 is 32.9 Å². The molecule has 0 fully saturated rings. The lowest BCUT2D eigenvalue weighted by molar-refractivity contribution is -0.870. The molecule has 0 bridgehead atoms. The van der Waals surface area contributed by atoms with Crippen molar-refractivity contribution in [1.29, 1.82) is 0 Å². The quantitative estimate of drug-likeness (QED) is 0.0272. The molecule has 0 saturated heterocycles. The molecule has 9 heteroatoms. The van der Waals surface area contributed by atoms with Crippen LogP contribution in [-0.4, -0.2) is 68.5 Å². The number of aliphatic hydroxyl groups excluding tert-OH is 1. The summed E-state index contributed by atoms with van der Waals surface area (Å²) < 4.78 is 23.3. The first-order valence-electron chi connectivity index (χ1n) is 30.6. The number of hydrogen-bond donors (Lipinski definition) is 2. The lowest BCUT2D eigenvalue weighted by Gasteiger charge is -2.29. The molecule has 0 aromatic carbocycles. The van der Waals surface area contributed by atoms with Gasteiger partial charge in [-0.1, -0.05) is 259 Å². The number of allylic oxidation sites excluding steroid dienone is 15. The molecule has 0 aromatic heterocycles. The number of carbonyl (C=O) groups is 1. The zero-order chi connectivity index (χ0) is 54.2. The molecule has 0 rings (SSSR count). The van der Waals surface area contributed by atoms with Crippen molar-refractivity contribution in [2.24, 2.45) is 0 Å². The first-order chi connectivity index (χ1) is 36.0. The maximum atomic E-state index is 13.0. The monoisotopic (exact) mass is 1050 g/mol. The second-order valence-corrected chi connectivity index (χ2v) is 23.1. The van der Waals surface area contributed by atoms with Crippen molar-refractivity contribution in [3.05, 3.63) is 97.2 Å². The van der Waals surface area contributed by atoms with Gasteiger partial charge in [-0.05, 0) is 89.9 Å². The van der Waals surface area contributed by atoms with E-state index in [9.17, 15) is 19.4 Å². The van der Waals surface area contributed by atoms with Crippen LogP contribution in [0, 0.1) is 0 Å². The molecular formula is C65H117N2O6P. The number of likely N-dealkylation sites (N-methyl/N-ethyl adjacent to an activating group) is 1. The summed E-state index contributed by atoms with van der Waals surface area (Å²) in [5, 5.41) is 13.9. The minimum atomic E-state index is -4.61. The summed E-state index contributed by atoms with van der Waals surface area (Å²) in [5.41, 5.74) is 0. The van der Waals surface area contributed by atoms with Crippen molar-refractivity contribution in [1.82, 2.24) is 5.32 Å². The van der Waals surface area contributed by atoms with Crippen molar-refractivity contribution in [2.45, 2.75) is 270 Å². The summed E-state index contributed by atoms with van der Waals surface area (Å²) in [7, 11) is 1.23. The van der Waals surface area contributed by atoms with Crippen molar-refractivity contribution >= 4 is 13.7 Å². The van der Waals surface area contributed by atoms with E-state index in [0.29, 0.717) is 17.4 Å². The van der Waals surface area contributed by atoms with Crippen LogP contribution in [0.4, 0.5) is 0 Å². The highest BCUT2D eigenvalue weighted by Crippen LogP contribution is 2.38. The van der Waals surface area contributed by atoms with E-state index in [-0.39, 0.29) is 12.5 Å². The first-order valence-corrected chi connectivity index (χ1v) is 32.1. The topological polar surface area (TPSA) is 108 Å². The Morgan fingerprint density at radius 1 is 0.486 bits per heavy atom. The molecule has 0 aromatic rings. The minimum Gasteiger partial charge on any atom is -0.756 e. The number of unbranched alkanes of at least 4 members (excludes halogenated alkanes) is 28. The van der Waals surface area contributed by atoms with E-state index in [4.69, 9.17) is 9.05 Å². The van der Waals surface area contributed by atoms with E-state index in [0.717, 1.165) is 77.0 Å². The van der Waals surface area contributed by atoms with Crippen LogP contribution in [0.3, 0.4) is 0 Å².